The van der Waals surface area contributed by atoms with Gasteiger partial charge in [0.2, 0.25) is 10.0 Å². The molecular weight excluding hydrogens is 460 g/mol. The van der Waals surface area contributed by atoms with Gasteiger partial charge in [-0.15, -0.1) is 11.3 Å². The van der Waals surface area contributed by atoms with Crippen LogP contribution >= 0.6 is 11.3 Å². The minimum absolute atomic E-state index is 0.103. The summed E-state index contributed by atoms with van der Waals surface area (Å²) in [5.41, 5.74) is 1.87. The van der Waals surface area contributed by atoms with Gasteiger partial charge in [0.25, 0.3) is 5.91 Å². The minimum atomic E-state index is -3.66. The van der Waals surface area contributed by atoms with Gasteiger partial charge in [0, 0.05) is 22.7 Å². The first-order valence-corrected chi connectivity index (χ1v) is 12.5. The van der Waals surface area contributed by atoms with Gasteiger partial charge in [-0.2, -0.15) is 0 Å². The van der Waals surface area contributed by atoms with E-state index in [-0.39, 0.29) is 17.3 Å². The first kappa shape index (κ1) is 22.9. The summed E-state index contributed by atoms with van der Waals surface area (Å²) in [4.78, 5) is 13.6. The fraction of sp³-hybridized carbons (Fsp3) is 0.125. The molecule has 2 heterocycles. The van der Waals surface area contributed by atoms with Crippen LogP contribution in [0.15, 0.2) is 93.8 Å². The van der Waals surface area contributed by atoms with Gasteiger partial charge >= 0.3 is 0 Å². The first-order chi connectivity index (χ1) is 16.0. The van der Waals surface area contributed by atoms with Crippen molar-refractivity contribution in [1.82, 2.24) is 4.72 Å². The van der Waals surface area contributed by atoms with Crippen LogP contribution in [0, 0.1) is 0 Å². The zero-order chi connectivity index (χ0) is 23.1. The number of rotatable bonds is 10. The van der Waals surface area contributed by atoms with E-state index in [2.05, 4.69) is 10.0 Å². The Balaban J connectivity index is 1.33. The lowest BCUT2D eigenvalue weighted by molar-refractivity contribution is 0.0929. The van der Waals surface area contributed by atoms with Gasteiger partial charge in [-0.25, -0.2) is 13.1 Å². The zero-order valence-corrected chi connectivity index (χ0v) is 19.2. The van der Waals surface area contributed by atoms with Crippen LogP contribution in [-0.2, 0) is 34.5 Å². The summed E-state index contributed by atoms with van der Waals surface area (Å²) in [6, 6.07) is 20.5. The van der Waals surface area contributed by atoms with E-state index >= 15 is 0 Å². The van der Waals surface area contributed by atoms with Crippen molar-refractivity contribution < 1.29 is 22.4 Å². The number of nitrogens with one attached hydrogen (secondary N) is 2. The average Bonchev–Trinajstić information content (AvgIpc) is 3.53. The molecule has 170 valence electrons. The van der Waals surface area contributed by atoms with Crippen molar-refractivity contribution >= 4 is 33.0 Å². The molecule has 0 spiro atoms. The smallest absolute Gasteiger partial charge is 0.255 e. The number of carbonyl (C=O) groups excluding carboxylic acids is 1. The second-order valence-electron chi connectivity index (χ2n) is 7.15. The number of sulfonamides is 1. The summed E-state index contributed by atoms with van der Waals surface area (Å²) in [6.07, 6.45) is 1.60. The number of benzene rings is 2. The van der Waals surface area contributed by atoms with Crippen LogP contribution in [0.4, 0.5) is 5.69 Å². The molecule has 4 aromatic rings. The number of carbonyl (C=O) groups is 1. The Hall–Kier alpha value is -3.24. The van der Waals surface area contributed by atoms with Crippen LogP contribution in [0.25, 0.3) is 0 Å². The third-order valence-electron chi connectivity index (χ3n) is 4.72. The molecule has 0 aliphatic rings. The number of anilines is 1. The lowest BCUT2D eigenvalue weighted by atomic mass is 10.2. The summed E-state index contributed by atoms with van der Waals surface area (Å²) in [5, 5.41) is 4.72. The van der Waals surface area contributed by atoms with Gasteiger partial charge in [-0.05, 0) is 65.5 Å². The highest BCUT2D eigenvalue weighted by atomic mass is 32.2. The topological polar surface area (TPSA) is 97.6 Å². The maximum absolute atomic E-state index is 12.6. The molecule has 0 saturated carbocycles. The molecule has 0 atom stereocenters. The van der Waals surface area contributed by atoms with Crippen LogP contribution in [0.1, 0.15) is 26.6 Å². The minimum Gasteiger partial charge on any atom is -0.467 e. The van der Waals surface area contributed by atoms with Crippen molar-refractivity contribution in [3.63, 3.8) is 0 Å². The van der Waals surface area contributed by atoms with E-state index in [9.17, 15) is 13.2 Å². The third-order valence-corrected chi connectivity index (χ3v) is 7.01. The van der Waals surface area contributed by atoms with Gasteiger partial charge in [-0.3, -0.25) is 4.79 Å². The van der Waals surface area contributed by atoms with Crippen molar-refractivity contribution in [2.24, 2.45) is 0 Å². The average molecular weight is 483 g/mol. The third kappa shape index (κ3) is 6.39. The fourth-order valence-corrected chi connectivity index (χ4v) is 4.80. The van der Waals surface area contributed by atoms with E-state index in [1.165, 1.54) is 35.6 Å². The molecule has 0 aliphatic heterocycles. The second kappa shape index (κ2) is 10.6. The summed E-state index contributed by atoms with van der Waals surface area (Å²) in [6.45, 7) is 0.959. The van der Waals surface area contributed by atoms with E-state index in [0.29, 0.717) is 24.5 Å². The van der Waals surface area contributed by atoms with Crippen molar-refractivity contribution in [3.05, 3.63) is 106 Å². The lowest BCUT2D eigenvalue weighted by Gasteiger charge is -2.09. The number of ether oxygens (including phenoxy) is 1. The van der Waals surface area contributed by atoms with Gasteiger partial charge in [0.05, 0.1) is 17.8 Å². The Morgan fingerprint density at radius 3 is 2.55 bits per heavy atom. The van der Waals surface area contributed by atoms with E-state index in [4.69, 9.17) is 9.15 Å². The van der Waals surface area contributed by atoms with E-state index < -0.39 is 10.0 Å². The zero-order valence-electron chi connectivity index (χ0n) is 17.6. The van der Waals surface area contributed by atoms with Crippen molar-refractivity contribution in [1.29, 1.82) is 0 Å². The maximum atomic E-state index is 12.6. The molecule has 0 fully saturated rings. The number of amides is 1. The SMILES string of the molecule is O=C(Nc1cccc(COCc2ccco2)c1)c1ccc(S(=O)(=O)NCc2cccs2)cc1. The normalized spacial score (nSPS) is 11.4. The Bertz CT molecular complexity index is 1280. The van der Waals surface area contributed by atoms with Gasteiger partial charge in [-0.1, -0.05) is 18.2 Å². The van der Waals surface area contributed by atoms with E-state index in [1.54, 1.807) is 18.4 Å². The summed E-state index contributed by atoms with van der Waals surface area (Å²) < 4.78 is 38.4. The highest BCUT2D eigenvalue weighted by molar-refractivity contribution is 7.89. The maximum Gasteiger partial charge on any atom is 0.255 e. The van der Waals surface area contributed by atoms with E-state index in [1.807, 2.05) is 41.8 Å². The van der Waals surface area contributed by atoms with Crippen LogP contribution in [-0.4, -0.2) is 14.3 Å². The summed E-state index contributed by atoms with van der Waals surface area (Å²) in [7, 11) is -3.66. The molecular formula is C24H22N2O5S2. The quantitative estimate of drug-likeness (QED) is 0.339. The summed E-state index contributed by atoms with van der Waals surface area (Å²) >= 11 is 1.48. The fourth-order valence-electron chi connectivity index (χ4n) is 3.05. The largest absolute Gasteiger partial charge is 0.467 e. The van der Waals surface area contributed by atoms with Gasteiger partial charge in [0.1, 0.15) is 12.4 Å². The number of furan rings is 1. The molecule has 0 aliphatic carbocycles. The Morgan fingerprint density at radius 1 is 0.970 bits per heavy atom. The number of thiophene rings is 1. The Kier molecular flexibility index (Phi) is 7.36. The standard InChI is InChI=1S/C24H22N2O5S2/c27-24(26-20-5-1-4-18(14-20)16-30-17-21-6-2-12-31-21)19-8-10-23(11-9-19)33(28,29)25-15-22-7-3-13-32-22/h1-14,25H,15-17H2,(H,26,27). The monoisotopic (exact) mass is 482 g/mol. The molecule has 2 aromatic heterocycles. The molecule has 1 amide bonds. The molecule has 33 heavy (non-hydrogen) atoms. The van der Waals surface area contributed by atoms with Gasteiger partial charge in [0.15, 0.2) is 0 Å². The van der Waals surface area contributed by atoms with Crippen LogP contribution < -0.4 is 10.0 Å². The van der Waals surface area contributed by atoms with Crippen molar-refractivity contribution in [3.8, 4) is 0 Å². The predicted molar refractivity (Wildman–Crippen MR) is 126 cm³/mol. The Labute approximate surface area is 196 Å². The van der Waals surface area contributed by atoms with E-state index in [0.717, 1.165) is 16.2 Å². The molecule has 9 heteroatoms. The Morgan fingerprint density at radius 2 is 1.82 bits per heavy atom. The molecule has 0 bridgehead atoms. The van der Waals surface area contributed by atoms with Crippen LogP contribution in [0.3, 0.4) is 0 Å². The highest BCUT2D eigenvalue weighted by Gasteiger charge is 2.15. The van der Waals surface area contributed by atoms with Crippen molar-refractivity contribution in [2.75, 3.05) is 5.32 Å². The second-order valence-corrected chi connectivity index (χ2v) is 9.95. The van der Waals surface area contributed by atoms with Gasteiger partial charge < -0.3 is 14.5 Å². The molecule has 2 aromatic carbocycles. The number of hydrogen-bond acceptors (Lipinski definition) is 6. The molecule has 0 unspecified atom stereocenters. The summed E-state index contributed by atoms with van der Waals surface area (Å²) in [5.74, 6) is 0.408. The molecule has 4 rings (SSSR count). The molecule has 0 saturated heterocycles. The molecule has 7 nitrogen and oxygen atoms in total. The highest BCUT2D eigenvalue weighted by Crippen LogP contribution is 2.16. The van der Waals surface area contributed by atoms with Crippen LogP contribution in [0.5, 0.6) is 0 Å². The molecule has 2 N–H and O–H groups in total. The number of hydrogen-bond donors (Lipinski definition) is 2. The first-order valence-electron chi connectivity index (χ1n) is 10.1. The predicted octanol–water partition coefficient (Wildman–Crippen LogP) is 4.79. The molecule has 0 radical (unpaired) electrons. The lowest BCUT2D eigenvalue weighted by Crippen LogP contribution is -2.23. The van der Waals surface area contributed by atoms with Crippen molar-refractivity contribution in [2.45, 2.75) is 24.7 Å². The van der Waals surface area contributed by atoms with Crippen LogP contribution in [0.2, 0.25) is 0 Å².